The molecule has 0 saturated carbocycles. The lowest BCUT2D eigenvalue weighted by molar-refractivity contribution is -0.192. The summed E-state index contributed by atoms with van der Waals surface area (Å²) in [6.07, 6.45) is -4.70. The van der Waals surface area contributed by atoms with Gasteiger partial charge >= 0.3 is 12.1 Å². The van der Waals surface area contributed by atoms with Crippen LogP contribution in [0.1, 0.15) is 22.4 Å². The minimum Gasteiger partial charge on any atom is -0.497 e. The molecular weight excluding hydrogens is 633 g/mol. The van der Waals surface area contributed by atoms with Gasteiger partial charge in [-0.1, -0.05) is 42.5 Å². The molecule has 0 bridgehead atoms. The van der Waals surface area contributed by atoms with Crippen molar-refractivity contribution in [2.45, 2.75) is 36.6 Å². The number of alkyl halides is 3. The zero-order chi connectivity index (χ0) is 32.9. The Kier molecular flexibility index (Phi) is 10.2. The van der Waals surface area contributed by atoms with E-state index < -0.39 is 28.2 Å². The number of carboxylic acid groups (broad SMARTS) is 1. The number of hydrogen-bond acceptors (Lipinski definition) is 7. The minimum atomic E-state index is -5.08. The molecule has 1 amide bonds. The maximum atomic E-state index is 14.1. The summed E-state index contributed by atoms with van der Waals surface area (Å²) in [6.45, 7) is 0.856. The van der Waals surface area contributed by atoms with Crippen molar-refractivity contribution in [1.29, 1.82) is 5.41 Å². The first kappa shape index (κ1) is 33.4. The van der Waals surface area contributed by atoms with Crippen LogP contribution in [0.3, 0.4) is 0 Å². The van der Waals surface area contributed by atoms with Gasteiger partial charge in [-0.15, -0.1) is 11.3 Å². The van der Waals surface area contributed by atoms with E-state index in [9.17, 15) is 26.4 Å². The van der Waals surface area contributed by atoms with Gasteiger partial charge in [0.1, 0.15) is 17.6 Å². The molecular formula is C30H29F3N4O6S2. The number of nitrogens with zero attached hydrogens (tertiary/aromatic N) is 2. The van der Waals surface area contributed by atoms with Gasteiger partial charge < -0.3 is 20.5 Å². The van der Waals surface area contributed by atoms with Gasteiger partial charge in [0.2, 0.25) is 15.9 Å². The monoisotopic (exact) mass is 662 g/mol. The standard InChI is InChI=1S/C28H28N4O4S2.C2HF3O2/c1-36-23-9-7-21-8-10-24(15-22(21)14-23)38(34,35)32(17-19-5-3-2-4-6-19)25-11-12-31(28(25)33)16-20-13-26(27(29)30)37-18-20;3-2(4,5)1(6)7/h2-10,13-15,18,25H,11-12,16-17H2,1H3,(H3,29,30);(H,6,7). The van der Waals surface area contributed by atoms with Gasteiger partial charge in [-0.2, -0.15) is 17.5 Å². The number of nitrogens with two attached hydrogens (primary N) is 1. The number of hydrogen-bond donors (Lipinski definition) is 3. The minimum absolute atomic E-state index is 0.0139. The Bertz CT molecular complexity index is 1810. The second-order valence-corrected chi connectivity index (χ2v) is 12.8. The van der Waals surface area contributed by atoms with Crippen molar-refractivity contribution in [2.24, 2.45) is 5.73 Å². The van der Waals surface area contributed by atoms with E-state index in [-0.39, 0.29) is 23.2 Å². The molecule has 1 saturated heterocycles. The fourth-order valence-corrected chi connectivity index (χ4v) is 7.12. The van der Waals surface area contributed by atoms with E-state index in [1.165, 1.54) is 15.6 Å². The topological polar surface area (TPSA) is 154 Å². The Labute approximate surface area is 261 Å². The van der Waals surface area contributed by atoms with Crippen LogP contribution in [0, 0.1) is 5.41 Å². The van der Waals surface area contributed by atoms with Gasteiger partial charge in [-0.05, 0) is 64.0 Å². The van der Waals surface area contributed by atoms with Crippen molar-refractivity contribution in [1.82, 2.24) is 9.21 Å². The number of likely N-dealkylation sites (tertiary alicyclic amines) is 1. The van der Waals surface area contributed by atoms with Gasteiger partial charge in [0, 0.05) is 19.6 Å². The first-order valence-corrected chi connectivity index (χ1v) is 15.7. The Morgan fingerprint density at radius 1 is 1.09 bits per heavy atom. The molecule has 5 rings (SSSR count). The number of methoxy groups -OCH3 is 1. The summed E-state index contributed by atoms with van der Waals surface area (Å²) in [7, 11) is -2.46. The number of sulfonamides is 1. The average molecular weight is 663 g/mol. The van der Waals surface area contributed by atoms with Gasteiger partial charge in [-0.3, -0.25) is 10.2 Å². The molecule has 3 aromatic carbocycles. The molecule has 10 nitrogen and oxygen atoms in total. The number of nitrogens with one attached hydrogen (secondary N) is 1. The average Bonchev–Trinajstić information content (AvgIpc) is 3.62. The molecule has 1 aromatic heterocycles. The van der Waals surface area contributed by atoms with Crippen molar-refractivity contribution in [3.05, 3.63) is 94.2 Å². The second kappa shape index (κ2) is 13.7. The zero-order valence-electron chi connectivity index (χ0n) is 23.8. The van der Waals surface area contributed by atoms with Crippen LogP contribution >= 0.6 is 11.3 Å². The molecule has 2 heterocycles. The predicted octanol–water partition coefficient (Wildman–Crippen LogP) is 4.82. The maximum Gasteiger partial charge on any atom is 0.490 e. The number of aliphatic carboxylic acids is 1. The summed E-state index contributed by atoms with van der Waals surface area (Å²) >= 11 is 1.35. The van der Waals surface area contributed by atoms with Gasteiger partial charge in [-0.25, -0.2) is 13.2 Å². The van der Waals surface area contributed by atoms with Crippen molar-refractivity contribution >= 4 is 49.8 Å². The number of amides is 1. The number of fused-ring (bicyclic) bond motifs is 1. The third-order valence-corrected chi connectivity index (χ3v) is 9.82. The number of rotatable bonds is 9. The van der Waals surface area contributed by atoms with Crippen LogP contribution in [0.25, 0.3) is 10.8 Å². The molecule has 4 N–H and O–H groups in total. The predicted molar refractivity (Wildman–Crippen MR) is 163 cm³/mol. The normalized spacial score (nSPS) is 15.2. The second-order valence-electron chi connectivity index (χ2n) is 10.0. The number of ether oxygens (including phenoxy) is 1. The van der Waals surface area contributed by atoms with Gasteiger partial charge in [0.25, 0.3) is 0 Å². The molecule has 1 aliphatic rings. The molecule has 1 atom stereocenters. The smallest absolute Gasteiger partial charge is 0.490 e. The Balaban J connectivity index is 0.000000591. The lowest BCUT2D eigenvalue weighted by Gasteiger charge is -2.27. The highest BCUT2D eigenvalue weighted by molar-refractivity contribution is 7.89. The number of carboxylic acids is 1. The molecule has 1 fully saturated rings. The number of nitrogen functional groups attached to an aromatic ring is 1. The zero-order valence-corrected chi connectivity index (χ0v) is 25.5. The number of carbonyl (C=O) groups is 2. The number of thiophene rings is 1. The number of amidine groups is 1. The highest BCUT2D eigenvalue weighted by atomic mass is 32.2. The molecule has 15 heteroatoms. The van der Waals surface area contributed by atoms with Crippen molar-refractivity contribution in [3.8, 4) is 5.75 Å². The van der Waals surface area contributed by atoms with Crippen LogP contribution in [-0.4, -0.2) is 66.3 Å². The summed E-state index contributed by atoms with van der Waals surface area (Å²) < 4.78 is 66.6. The summed E-state index contributed by atoms with van der Waals surface area (Å²) in [5.41, 5.74) is 7.25. The largest absolute Gasteiger partial charge is 0.497 e. The molecule has 1 aliphatic heterocycles. The lowest BCUT2D eigenvalue weighted by atomic mass is 10.1. The highest BCUT2D eigenvalue weighted by Gasteiger charge is 2.42. The molecule has 0 radical (unpaired) electrons. The van der Waals surface area contributed by atoms with Crippen molar-refractivity contribution < 1.29 is 41.0 Å². The van der Waals surface area contributed by atoms with E-state index in [2.05, 4.69) is 0 Å². The molecule has 45 heavy (non-hydrogen) atoms. The van der Waals surface area contributed by atoms with Gasteiger partial charge in [0.15, 0.2) is 0 Å². The van der Waals surface area contributed by atoms with Crippen LogP contribution in [0.2, 0.25) is 0 Å². The highest BCUT2D eigenvalue weighted by Crippen LogP contribution is 2.31. The molecule has 0 aliphatic carbocycles. The van der Waals surface area contributed by atoms with Crippen molar-refractivity contribution in [3.63, 3.8) is 0 Å². The van der Waals surface area contributed by atoms with Crippen molar-refractivity contribution in [2.75, 3.05) is 13.7 Å². The number of carbonyl (C=O) groups excluding carboxylic acids is 1. The molecule has 238 valence electrons. The fourth-order valence-electron chi connectivity index (χ4n) is 4.72. The SMILES string of the molecule is COc1ccc2ccc(S(=O)(=O)N(Cc3ccccc3)C3CCN(Cc4csc(C(=N)N)c4)C3=O)cc2c1.O=C(O)C(F)(F)F. The maximum absolute atomic E-state index is 14.1. The summed E-state index contributed by atoms with van der Waals surface area (Å²) in [5, 5.41) is 18.2. The Morgan fingerprint density at radius 3 is 2.36 bits per heavy atom. The summed E-state index contributed by atoms with van der Waals surface area (Å²) in [4.78, 5) is 24.9. The quantitative estimate of drug-likeness (QED) is 0.172. The van der Waals surface area contributed by atoms with Crippen LogP contribution in [0.15, 0.2) is 83.1 Å². The Morgan fingerprint density at radius 2 is 1.76 bits per heavy atom. The Hall–Kier alpha value is -4.47. The van der Waals surface area contributed by atoms with Crippen LogP contribution < -0.4 is 10.5 Å². The summed E-state index contributed by atoms with van der Waals surface area (Å²) in [5.74, 6) is -2.37. The third-order valence-electron chi connectivity index (χ3n) is 6.96. The van der Waals surface area contributed by atoms with Crippen LogP contribution in [-0.2, 0) is 32.7 Å². The van der Waals surface area contributed by atoms with Crippen LogP contribution in [0.4, 0.5) is 13.2 Å². The van der Waals surface area contributed by atoms with Gasteiger partial charge in [0.05, 0.1) is 16.9 Å². The van der Waals surface area contributed by atoms with E-state index in [1.54, 1.807) is 42.3 Å². The molecule has 1 unspecified atom stereocenters. The first-order chi connectivity index (χ1) is 21.2. The molecule has 0 spiro atoms. The van der Waals surface area contributed by atoms with E-state index in [0.29, 0.717) is 30.1 Å². The molecule has 4 aromatic rings. The first-order valence-electron chi connectivity index (χ1n) is 13.3. The van der Waals surface area contributed by atoms with E-state index >= 15 is 0 Å². The number of halogens is 3. The van der Waals surface area contributed by atoms with Crippen LogP contribution in [0.5, 0.6) is 5.75 Å². The van der Waals surface area contributed by atoms with E-state index in [1.807, 2.05) is 47.8 Å². The van der Waals surface area contributed by atoms with E-state index in [4.69, 9.17) is 25.8 Å². The fraction of sp³-hybridized carbons (Fsp3) is 0.233. The summed E-state index contributed by atoms with van der Waals surface area (Å²) in [6, 6.07) is 20.8. The third kappa shape index (κ3) is 7.98. The van der Waals surface area contributed by atoms with E-state index in [0.717, 1.165) is 21.9 Å². The lowest BCUT2D eigenvalue weighted by Crippen LogP contribution is -2.44. The number of benzene rings is 3.